The maximum atomic E-state index is 11.1. The van der Waals surface area contributed by atoms with Gasteiger partial charge in [0.05, 0.1) is 0 Å². The molecule has 0 amide bonds. The van der Waals surface area contributed by atoms with Gasteiger partial charge in [-0.05, 0) is 23.6 Å². The molecule has 1 rings (SSSR count). The van der Waals surface area contributed by atoms with Crippen LogP contribution in [0.4, 0.5) is 0 Å². The topological polar surface area (TPSA) is 72.5 Å². The number of carbonyl (C=O) groups is 1. The van der Waals surface area contributed by atoms with E-state index in [1.165, 1.54) is 0 Å². The molecule has 0 bridgehead atoms. The van der Waals surface area contributed by atoms with E-state index < -0.39 is 5.97 Å². The maximum absolute atomic E-state index is 11.1. The molecule has 0 saturated heterocycles. The highest BCUT2D eigenvalue weighted by atomic mass is 16.5. The molecule has 19 heavy (non-hydrogen) atoms. The predicted octanol–water partition coefficient (Wildman–Crippen LogP) is 2.23. The third kappa shape index (κ3) is 5.57. The van der Waals surface area contributed by atoms with Crippen molar-refractivity contribution in [2.45, 2.75) is 20.3 Å². The van der Waals surface area contributed by atoms with Gasteiger partial charge in [-0.1, -0.05) is 32.1 Å². The number of benzene rings is 1. The second-order valence-corrected chi connectivity index (χ2v) is 4.70. The lowest BCUT2D eigenvalue weighted by Crippen LogP contribution is -2.10. The van der Waals surface area contributed by atoms with Gasteiger partial charge in [0, 0.05) is 18.5 Å². The van der Waals surface area contributed by atoms with E-state index in [9.17, 15) is 4.79 Å². The number of hydrogen-bond donors (Lipinski definition) is 2. The van der Waals surface area contributed by atoms with E-state index in [4.69, 9.17) is 15.6 Å². The summed E-state index contributed by atoms with van der Waals surface area (Å²) in [6, 6.07) is 7.42. The lowest BCUT2D eigenvalue weighted by atomic mass is 10.0. The zero-order valence-electron chi connectivity index (χ0n) is 11.4. The molecule has 0 aliphatic carbocycles. The Morgan fingerprint density at radius 3 is 2.47 bits per heavy atom. The van der Waals surface area contributed by atoms with Crippen molar-refractivity contribution in [1.29, 1.82) is 0 Å². The summed E-state index contributed by atoms with van der Waals surface area (Å²) in [5.41, 5.74) is 6.73. The largest absolute Gasteiger partial charge is 0.492 e. The maximum Gasteiger partial charge on any atom is 0.331 e. The third-order valence-electron chi connectivity index (χ3n) is 2.51. The van der Waals surface area contributed by atoms with E-state index in [1.807, 2.05) is 38.1 Å². The van der Waals surface area contributed by atoms with Crippen LogP contribution in [0.2, 0.25) is 0 Å². The van der Waals surface area contributed by atoms with Crippen molar-refractivity contribution in [1.82, 2.24) is 0 Å². The first-order chi connectivity index (χ1) is 9.02. The molecule has 0 fully saturated rings. The van der Waals surface area contributed by atoms with Crippen LogP contribution in [0.1, 0.15) is 19.4 Å². The number of nitrogens with two attached hydrogens (primary N) is 1. The van der Waals surface area contributed by atoms with Gasteiger partial charge in [-0.25, -0.2) is 4.79 Å². The molecule has 3 N–H and O–H groups in total. The van der Waals surface area contributed by atoms with Crippen molar-refractivity contribution in [2.75, 3.05) is 13.2 Å². The van der Waals surface area contributed by atoms with Crippen molar-refractivity contribution in [3.8, 4) is 5.75 Å². The van der Waals surface area contributed by atoms with Crippen LogP contribution >= 0.6 is 0 Å². The molecule has 4 nitrogen and oxygen atoms in total. The second-order valence-electron chi connectivity index (χ2n) is 4.70. The molecule has 4 heteroatoms. The van der Waals surface area contributed by atoms with E-state index in [0.29, 0.717) is 25.1 Å². The molecular formula is C15H21NO3. The lowest BCUT2D eigenvalue weighted by Gasteiger charge is -2.07. The summed E-state index contributed by atoms with van der Waals surface area (Å²) in [6.45, 7) is 4.88. The van der Waals surface area contributed by atoms with Gasteiger partial charge >= 0.3 is 5.97 Å². The third-order valence-corrected chi connectivity index (χ3v) is 2.51. The van der Waals surface area contributed by atoms with Crippen molar-refractivity contribution in [3.63, 3.8) is 0 Å². The highest BCUT2D eigenvalue weighted by Crippen LogP contribution is 2.16. The Labute approximate surface area is 113 Å². The number of aliphatic carboxylic acids is 1. The molecule has 0 saturated carbocycles. The Morgan fingerprint density at radius 2 is 2.00 bits per heavy atom. The quantitative estimate of drug-likeness (QED) is 0.740. The van der Waals surface area contributed by atoms with Crippen LogP contribution in [0.3, 0.4) is 0 Å². The summed E-state index contributed by atoms with van der Waals surface area (Å²) in [6.07, 6.45) is 2.20. The van der Waals surface area contributed by atoms with E-state index >= 15 is 0 Å². The van der Waals surface area contributed by atoms with Gasteiger partial charge in [-0.3, -0.25) is 0 Å². The zero-order chi connectivity index (χ0) is 14.3. The number of carboxylic acids is 1. The first-order valence-electron chi connectivity index (χ1n) is 6.38. The lowest BCUT2D eigenvalue weighted by molar-refractivity contribution is -0.132. The number of ether oxygens (including phenoxy) is 1. The molecule has 1 aromatic carbocycles. The standard InChI is InChI=1S/C15H21NO3/c1-11(2)9-13(15(17)18)10-12-3-5-14(6-4-12)19-8-7-16/h3-6,9,11H,7-8,10,16H2,1-2H3,(H,17,18). The van der Waals surface area contributed by atoms with Crippen LogP contribution in [0.15, 0.2) is 35.9 Å². The molecule has 0 unspecified atom stereocenters. The fourth-order valence-corrected chi connectivity index (χ4v) is 1.71. The van der Waals surface area contributed by atoms with Crippen LogP contribution in [0.25, 0.3) is 0 Å². The Bertz CT molecular complexity index is 435. The van der Waals surface area contributed by atoms with Gasteiger partial charge in [-0.2, -0.15) is 0 Å². The summed E-state index contributed by atoms with van der Waals surface area (Å²) in [4.78, 5) is 11.1. The van der Waals surface area contributed by atoms with E-state index in [-0.39, 0.29) is 5.92 Å². The van der Waals surface area contributed by atoms with Crippen molar-refractivity contribution in [2.24, 2.45) is 11.7 Å². The van der Waals surface area contributed by atoms with Gasteiger partial charge in [0.15, 0.2) is 0 Å². The summed E-state index contributed by atoms with van der Waals surface area (Å²) < 4.78 is 5.37. The Kier molecular flexibility index (Phi) is 6.09. The predicted molar refractivity (Wildman–Crippen MR) is 75.3 cm³/mol. The van der Waals surface area contributed by atoms with E-state index in [1.54, 1.807) is 6.08 Å². The second kappa shape index (κ2) is 7.59. The molecule has 0 aromatic heterocycles. The molecule has 0 radical (unpaired) electrons. The molecule has 0 aliphatic heterocycles. The molecule has 0 spiro atoms. The average Bonchev–Trinajstić information content (AvgIpc) is 2.36. The normalized spacial score (nSPS) is 11.7. The number of allylic oxidation sites excluding steroid dienone is 1. The minimum atomic E-state index is -0.864. The molecule has 0 aliphatic rings. The van der Waals surface area contributed by atoms with E-state index in [0.717, 1.165) is 11.3 Å². The average molecular weight is 263 g/mol. The number of rotatable bonds is 7. The van der Waals surface area contributed by atoms with E-state index in [2.05, 4.69) is 0 Å². The van der Waals surface area contributed by atoms with Gasteiger partial charge in [0.2, 0.25) is 0 Å². The molecule has 104 valence electrons. The summed E-state index contributed by atoms with van der Waals surface area (Å²) in [5, 5.41) is 9.15. The van der Waals surface area contributed by atoms with Crippen molar-refractivity contribution >= 4 is 5.97 Å². The van der Waals surface area contributed by atoms with Gasteiger partial charge < -0.3 is 15.6 Å². The van der Waals surface area contributed by atoms with Crippen LogP contribution < -0.4 is 10.5 Å². The van der Waals surface area contributed by atoms with Crippen LogP contribution in [-0.4, -0.2) is 24.2 Å². The fourth-order valence-electron chi connectivity index (χ4n) is 1.71. The molecule has 1 aromatic rings. The number of hydrogen-bond acceptors (Lipinski definition) is 3. The van der Waals surface area contributed by atoms with Gasteiger partial charge in [0.25, 0.3) is 0 Å². The van der Waals surface area contributed by atoms with Crippen molar-refractivity contribution < 1.29 is 14.6 Å². The summed E-state index contributed by atoms with van der Waals surface area (Å²) in [7, 11) is 0. The monoisotopic (exact) mass is 263 g/mol. The zero-order valence-corrected chi connectivity index (χ0v) is 11.4. The smallest absolute Gasteiger partial charge is 0.331 e. The minimum absolute atomic E-state index is 0.221. The van der Waals surface area contributed by atoms with Crippen molar-refractivity contribution in [3.05, 3.63) is 41.5 Å². The highest BCUT2D eigenvalue weighted by Gasteiger charge is 2.09. The van der Waals surface area contributed by atoms with Crippen LogP contribution in [0, 0.1) is 5.92 Å². The minimum Gasteiger partial charge on any atom is -0.492 e. The summed E-state index contributed by atoms with van der Waals surface area (Å²) in [5.74, 6) is 0.106. The number of carboxylic acid groups (broad SMARTS) is 1. The molecule has 0 heterocycles. The SMILES string of the molecule is CC(C)C=C(Cc1ccc(OCCN)cc1)C(=O)O. The highest BCUT2D eigenvalue weighted by molar-refractivity contribution is 5.87. The van der Waals surface area contributed by atoms with Crippen LogP contribution in [-0.2, 0) is 11.2 Å². The van der Waals surface area contributed by atoms with Gasteiger partial charge in [-0.15, -0.1) is 0 Å². The Hall–Kier alpha value is -1.81. The first kappa shape index (κ1) is 15.2. The fraction of sp³-hybridized carbons (Fsp3) is 0.400. The van der Waals surface area contributed by atoms with Gasteiger partial charge in [0.1, 0.15) is 12.4 Å². The Balaban J connectivity index is 2.73. The summed E-state index contributed by atoms with van der Waals surface area (Å²) >= 11 is 0. The van der Waals surface area contributed by atoms with Crippen LogP contribution in [0.5, 0.6) is 5.75 Å². The molecular weight excluding hydrogens is 242 g/mol. The first-order valence-corrected chi connectivity index (χ1v) is 6.38. The molecule has 0 atom stereocenters. The Morgan fingerprint density at radius 1 is 1.37 bits per heavy atom.